The third-order valence-corrected chi connectivity index (χ3v) is 2.08. The van der Waals surface area contributed by atoms with Crippen molar-refractivity contribution < 1.29 is 9.53 Å². The van der Waals surface area contributed by atoms with Crippen LogP contribution in [0.15, 0.2) is 0 Å². The Balaban J connectivity index is 4.31. The number of hydrogen-bond donors (Lipinski definition) is 1. The molecule has 1 atom stereocenters. The van der Waals surface area contributed by atoms with Crippen molar-refractivity contribution in [3.63, 3.8) is 0 Å². The van der Waals surface area contributed by atoms with Gasteiger partial charge in [0, 0.05) is 6.04 Å². The Morgan fingerprint density at radius 2 is 2.09 bits per heavy atom. The molecule has 0 bridgehead atoms. The van der Waals surface area contributed by atoms with E-state index in [1.54, 1.807) is 13.8 Å². The lowest BCUT2D eigenvalue weighted by atomic mass is 9.84. The molecule has 0 saturated heterocycles. The SMILES string of the molecule is CCC(N)C(C)(C)C(=O)OC. The summed E-state index contributed by atoms with van der Waals surface area (Å²) in [4.78, 5) is 11.1. The molecule has 3 heteroatoms. The molecule has 0 rings (SSSR count). The van der Waals surface area contributed by atoms with Gasteiger partial charge in [-0.25, -0.2) is 0 Å². The summed E-state index contributed by atoms with van der Waals surface area (Å²) in [6.45, 7) is 5.55. The Kier molecular flexibility index (Phi) is 3.52. The van der Waals surface area contributed by atoms with E-state index in [0.717, 1.165) is 6.42 Å². The number of rotatable bonds is 3. The van der Waals surface area contributed by atoms with E-state index >= 15 is 0 Å². The van der Waals surface area contributed by atoms with E-state index in [0.29, 0.717) is 0 Å². The summed E-state index contributed by atoms with van der Waals surface area (Å²) < 4.78 is 4.62. The number of esters is 1. The number of ether oxygens (including phenoxy) is 1. The fourth-order valence-corrected chi connectivity index (χ4v) is 0.925. The molecule has 0 saturated carbocycles. The average molecular weight is 159 g/mol. The van der Waals surface area contributed by atoms with E-state index in [9.17, 15) is 4.79 Å². The van der Waals surface area contributed by atoms with Crippen LogP contribution >= 0.6 is 0 Å². The summed E-state index contributed by atoms with van der Waals surface area (Å²) in [5.41, 5.74) is 5.16. The molecular weight excluding hydrogens is 142 g/mol. The molecule has 0 spiro atoms. The van der Waals surface area contributed by atoms with Gasteiger partial charge in [-0.3, -0.25) is 4.79 Å². The predicted molar refractivity (Wildman–Crippen MR) is 44.1 cm³/mol. The van der Waals surface area contributed by atoms with Crippen LogP contribution in [0.25, 0.3) is 0 Å². The Labute approximate surface area is 67.9 Å². The molecule has 0 aliphatic rings. The van der Waals surface area contributed by atoms with Crippen LogP contribution in [0, 0.1) is 5.41 Å². The van der Waals surface area contributed by atoms with Gasteiger partial charge in [0.05, 0.1) is 12.5 Å². The van der Waals surface area contributed by atoms with E-state index in [1.165, 1.54) is 7.11 Å². The monoisotopic (exact) mass is 159 g/mol. The van der Waals surface area contributed by atoms with Gasteiger partial charge in [0.1, 0.15) is 0 Å². The van der Waals surface area contributed by atoms with Crippen molar-refractivity contribution in [2.75, 3.05) is 7.11 Å². The van der Waals surface area contributed by atoms with E-state index in [2.05, 4.69) is 4.74 Å². The maximum atomic E-state index is 11.1. The van der Waals surface area contributed by atoms with Crippen molar-refractivity contribution in [2.24, 2.45) is 11.1 Å². The highest BCUT2D eigenvalue weighted by Gasteiger charge is 2.34. The zero-order valence-electron chi connectivity index (χ0n) is 7.68. The summed E-state index contributed by atoms with van der Waals surface area (Å²) in [6.07, 6.45) is 0.780. The van der Waals surface area contributed by atoms with Crippen LogP contribution in [0.1, 0.15) is 27.2 Å². The molecule has 0 aliphatic carbocycles. The van der Waals surface area contributed by atoms with Crippen LogP contribution in [0.2, 0.25) is 0 Å². The Bertz CT molecular complexity index is 143. The molecule has 0 heterocycles. The molecule has 3 nitrogen and oxygen atoms in total. The van der Waals surface area contributed by atoms with Gasteiger partial charge in [0.25, 0.3) is 0 Å². The molecule has 0 radical (unpaired) electrons. The highest BCUT2D eigenvalue weighted by molar-refractivity contribution is 5.76. The van der Waals surface area contributed by atoms with Gasteiger partial charge in [-0.1, -0.05) is 6.92 Å². The number of nitrogens with two attached hydrogens (primary N) is 1. The average Bonchev–Trinajstić information content (AvgIpc) is 2.01. The van der Waals surface area contributed by atoms with E-state index in [-0.39, 0.29) is 12.0 Å². The molecule has 1 unspecified atom stereocenters. The van der Waals surface area contributed by atoms with Gasteiger partial charge in [0.15, 0.2) is 0 Å². The lowest BCUT2D eigenvalue weighted by Crippen LogP contribution is -2.43. The number of methoxy groups -OCH3 is 1. The second kappa shape index (κ2) is 3.72. The fraction of sp³-hybridized carbons (Fsp3) is 0.875. The minimum atomic E-state index is -0.566. The second-order valence-electron chi connectivity index (χ2n) is 3.23. The summed E-state index contributed by atoms with van der Waals surface area (Å²) in [5.74, 6) is -0.244. The first-order valence-corrected chi connectivity index (χ1v) is 3.80. The van der Waals surface area contributed by atoms with E-state index in [1.807, 2.05) is 6.92 Å². The van der Waals surface area contributed by atoms with Gasteiger partial charge in [-0.2, -0.15) is 0 Å². The van der Waals surface area contributed by atoms with Crippen LogP contribution in [-0.4, -0.2) is 19.1 Å². The van der Waals surface area contributed by atoms with Crippen LogP contribution in [0.4, 0.5) is 0 Å². The quantitative estimate of drug-likeness (QED) is 0.623. The summed E-state index contributed by atoms with van der Waals surface area (Å²) in [6, 6.07) is -0.130. The molecule has 0 aromatic carbocycles. The van der Waals surface area contributed by atoms with Crippen molar-refractivity contribution in [1.82, 2.24) is 0 Å². The Hall–Kier alpha value is -0.570. The summed E-state index contributed by atoms with van der Waals surface area (Å²) in [7, 11) is 1.38. The van der Waals surface area contributed by atoms with Crippen LogP contribution in [0.3, 0.4) is 0 Å². The molecule has 0 aliphatic heterocycles. The third kappa shape index (κ3) is 2.19. The summed E-state index contributed by atoms with van der Waals surface area (Å²) in [5, 5.41) is 0. The van der Waals surface area contributed by atoms with Crippen LogP contribution < -0.4 is 5.73 Å². The van der Waals surface area contributed by atoms with Crippen molar-refractivity contribution in [1.29, 1.82) is 0 Å². The van der Waals surface area contributed by atoms with E-state index < -0.39 is 5.41 Å². The van der Waals surface area contributed by atoms with Crippen LogP contribution in [-0.2, 0) is 9.53 Å². The smallest absolute Gasteiger partial charge is 0.312 e. The highest BCUT2D eigenvalue weighted by Crippen LogP contribution is 2.22. The Morgan fingerprint density at radius 1 is 1.64 bits per heavy atom. The summed E-state index contributed by atoms with van der Waals surface area (Å²) >= 11 is 0. The van der Waals surface area contributed by atoms with Gasteiger partial charge < -0.3 is 10.5 Å². The molecule has 11 heavy (non-hydrogen) atoms. The Morgan fingerprint density at radius 3 is 2.36 bits per heavy atom. The van der Waals surface area contributed by atoms with Crippen LogP contribution in [0.5, 0.6) is 0 Å². The van der Waals surface area contributed by atoms with Gasteiger partial charge in [-0.05, 0) is 20.3 Å². The molecule has 0 aromatic rings. The standard InChI is InChI=1S/C8H17NO2/c1-5-6(9)8(2,3)7(10)11-4/h6H,5,9H2,1-4H3. The molecule has 2 N–H and O–H groups in total. The largest absolute Gasteiger partial charge is 0.469 e. The zero-order chi connectivity index (χ0) is 9.07. The van der Waals surface area contributed by atoms with E-state index in [4.69, 9.17) is 5.73 Å². The maximum absolute atomic E-state index is 11.1. The minimum absolute atomic E-state index is 0.130. The van der Waals surface area contributed by atoms with Gasteiger partial charge in [0.2, 0.25) is 0 Å². The lowest BCUT2D eigenvalue weighted by molar-refractivity contribution is -0.151. The third-order valence-electron chi connectivity index (χ3n) is 2.08. The first-order valence-electron chi connectivity index (χ1n) is 3.80. The van der Waals surface area contributed by atoms with Crippen molar-refractivity contribution in [3.05, 3.63) is 0 Å². The number of carbonyl (C=O) groups is 1. The topological polar surface area (TPSA) is 52.3 Å². The second-order valence-corrected chi connectivity index (χ2v) is 3.23. The fourth-order valence-electron chi connectivity index (χ4n) is 0.925. The first kappa shape index (κ1) is 10.4. The van der Waals surface area contributed by atoms with Crippen molar-refractivity contribution in [3.8, 4) is 0 Å². The van der Waals surface area contributed by atoms with Gasteiger partial charge >= 0.3 is 5.97 Å². The molecular formula is C8H17NO2. The molecule has 0 fully saturated rings. The zero-order valence-corrected chi connectivity index (χ0v) is 7.68. The van der Waals surface area contributed by atoms with Crippen molar-refractivity contribution >= 4 is 5.97 Å². The molecule has 66 valence electrons. The maximum Gasteiger partial charge on any atom is 0.312 e. The molecule has 0 amide bonds. The van der Waals surface area contributed by atoms with Gasteiger partial charge in [-0.15, -0.1) is 0 Å². The lowest BCUT2D eigenvalue weighted by Gasteiger charge is -2.27. The first-order chi connectivity index (χ1) is 4.96. The number of carbonyl (C=O) groups excluding carboxylic acids is 1. The minimum Gasteiger partial charge on any atom is -0.469 e. The normalized spacial score (nSPS) is 14.3. The number of hydrogen-bond acceptors (Lipinski definition) is 3. The van der Waals surface area contributed by atoms with Crippen molar-refractivity contribution in [2.45, 2.75) is 33.2 Å². The molecule has 0 aromatic heterocycles. The highest BCUT2D eigenvalue weighted by atomic mass is 16.5. The predicted octanol–water partition coefficient (Wildman–Crippen LogP) is 0.923.